The zero-order chi connectivity index (χ0) is 21.4. The minimum Gasteiger partial charge on any atom is -0.495 e. The second-order valence-electron chi connectivity index (χ2n) is 8.19. The molecule has 0 unspecified atom stereocenters. The molecule has 30 heavy (non-hydrogen) atoms. The summed E-state index contributed by atoms with van der Waals surface area (Å²) in [7, 11) is 1.56. The first-order chi connectivity index (χ1) is 14.4. The molecule has 0 saturated carbocycles. The summed E-state index contributed by atoms with van der Waals surface area (Å²) in [4.78, 5) is 30.8. The lowest BCUT2D eigenvalue weighted by Gasteiger charge is -2.29. The van der Waals surface area contributed by atoms with Gasteiger partial charge in [0, 0.05) is 13.1 Å². The van der Waals surface area contributed by atoms with Crippen molar-refractivity contribution in [3.63, 3.8) is 0 Å². The lowest BCUT2D eigenvalue weighted by Crippen LogP contribution is -2.37. The van der Waals surface area contributed by atoms with Gasteiger partial charge in [0.15, 0.2) is 0 Å². The van der Waals surface area contributed by atoms with Gasteiger partial charge in [0.2, 0.25) is 0 Å². The molecule has 4 rings (SSSR count). The van der Waals surface area contributed by atoms with Crippen molar-refractivity contribution in [2.75, 3.05) is 25.1 Å². The van der Waals surface area contributed by atoms with Crippen LogP contribution < -0.4 is 9.64 Å². The standard InChI is InChI=1S/C25H28N2O3/c1-16-8-11-21(30-4)20(14-16)27-24(28)22(19-10-9-17(2)18(3)15-19)23(25(27)29)26-12-6-5-7-13-26/h8-11,14-15H,5-7,12-13H2,1-4H3. The monoisotopic (exact) mass is 404 g/mol. The lowest BCUT2D eigenvalue weighted by atomic mass is 9.98. The Hall–Kier alpha value is -3.08. The normalized spacial score (nSPS) is 17.2. The van der Waals surface area contributed by atoms with Gasteiger partial charge in [0.25, 0.3) is 11.8 Å². The molecule has 2 aromatic rings. The van der Waals surface area contributed by atoms with E-state index in [-0.39, 0.29) is 11.8 Å². The maximum Gasteiger partial charge on any atom is 0.282 e. The number of carbonyl (C=O) groups is 2. The first-order valence-electron chi connectivity index (χ1n) is 10.5. The Bertz CT molecular complexity index is 1050. The van der Waals surface area contributed by atoms with E-state index >= 15 is 0 Å². The van der Waals surface area contributed by atoms with Crippen molar-refractivity contribution in [3.8, 4) is 5.75 Å². The molecule has 0 radical (unpaired) electrons. The molecule has 2 heterocycles. The summed E-state index contributed by atoms with van der Waals surface area (Å²) in [5, 5.41) is 0. The number of amides is 2. The Morgan fingerprint density at radius 1 is 0.833 bits per heavy atom. The van der Waals surface area contributed by atoms with Crippen LogP contribution in [0.15, 0.2) is 42.1 Å². The van der Waals surface area contributed by atoms with E-state index in [9.17, 15) is 9.59 Å². The number of hydrogen-bond donors (Lipinski definition) is 0. The second-order valence-corrected chi connectivity index (χ2v) is 8.19. The van der Waals surface area contributed by atoms with Gasteiger partial charge < -0.3 is 9.64 Å². The summed E-state index contributed by atoms with van der Waals surface area (Å²) < 4.78 is 5.49. The molecule has 1 fully saturated rings. The van der Waals surface area contributed by atoms with Crippen LogP contribution in [0.1, 0.15) is 41.5 Å². The Labute approximate surface area is 177 Å². The van der Waals surface area contributed by atoms with Gasteiger partial charge in [-0.15, -0.1) is 0 Å². The van der Waals surface area contributed by atoms with E-state index in [1.807, 2.05) is 51.1 Å². The van der Waals surface area contributed by atoms with Gasteiger partial charge >= 0.3 is 0 Å². The van der Waals surface area contributed by atoms with Gasteiger partial charge in [-0.05, 0) is 74.4 Å². The zero-order valence-corrected chi connectivity index (χ0v) is 18.1. The third-order valence-corrected chi connectivity index (χ3v) is 6.10. The summed E-state index contributed by atoms with van der Waals surface area (Å²) in [6.45, 7) is 7.60. The zero-order valence-electron chi connectivity index (χ0n) is 18.1. The van der Waals surface area contributed by atoms with Crippen LogP contribution in [0.3, 0.4) is 0 Å². The molecular formula is C25H28N2O3. The first-order valence-corrected chi connectivity index (χ1v) is 10.5. The highest BCUT2D eigenvalue weighted by Crippen LogP contribution is 2.40. The number of hydrogen-bond acceptors (Lipinski definition) is 4. The molecule has 2 aliphatic rings. The molecule has 0 aliphatic carbocycles. The van der Waals surface area contributed by atoms with Crippen molar-refractivity contribution in [3.05, 3.63) is 64.3 Å². The van der Waals surface area contributed by atoms with Gasteiger partial charge in [0.05, 0.1) is 18.4 Å². The topological polar surface area (TPSA) is 49.9 Å². The average Bonchev–Trinajstić information content (AvgIpc) is 3.00. The number of piperidine rings is 1. The van der Waals surface area contributed by atoms with Crippen molar-refractivity contribution < 1.29 is 14.3 Å². The number of ether oxygens (including phenoxy) is 1. The van der Waals surface area contributed by atoms with Crippen molar-refractivity contribution in [1.29, 1.82) is 0 Å². The molecule has 2 amide bonds. The van der Waals surface area contributed by atoms with Crippen molar-refractivity contribution in [2.45, 2.75) is 40.0 Å². The van der Waals surface area contributed by atoms with Crippen LogP contribution in [0.2, 0.25) is 0 Å². The molecule has 5 nitrogen and oxygen atoms in total. The van der Waals surface area contributed by atoms with Gasteiger partial charge in [-0.1, -0.05) is 24.3 Å². The van der Waals surface area contributed by atoms with E-state index in [4.69, 9.17) is 4.74 Å². The predicted octanol–water partition coefficient (Wildman–Crippen LogP) is 4.39. The number of benzene rings is 2. The summed E-state index contributed by atoms with van der Waals surface area (Å²) in [5.41, 5.74) is 5.54. The number of imide groups is 1. The summed E-state index contributed by atoms with van der Waals surface area (Å²) in [6.07, 6.45) is 3.21. The molecule has 0 N–H and O–H groups in total. The van der Waals surface area contributed by atoms with E-state index in [0.717, 1.165) is 54.6 Å². The molecule has 1 saturated heterocycles. The Balaban J connectivity index is 1.88. The minimum absolute atomic E-state index is 0.265. The Morgan fingerprint density at radius 3 is 2.23 bits per heavy atom. The highest BCUT2D eigenvalue weighted by molar-refractivity contribution is 6.45. The fourth-order valence-electron chi connectivity index (χ4n) is 4.28. The van der Waals surface area contributed by atoms with Gasteiger partial charge in [0.1, 0.15) is 11.4 Å². The van der Waals surface area contributed by atoms with Crippen LogP contribution >= 0.6 is 0 Å². The smallest absolute Gasteiger partial charge is 0.282 e. The highest BCUT2D eigenvalue weighted by atomic mass is 16.5. The maximum absolute atomic E-state index is 13.7. The molecule has 0 aromatic heterocycles. The second kappa shape index (κ2) is 7.98. The lowest BCUT2D eigenvalue weighted by molar-refractivity contribution is -0.120. The SMILES string of the molecule is COc1ccc(C)cc1N1C(=O)C(c2ccc(C)c(C)c2)=C(N2CCCCC2)C1=O. The third kappa shape index (κ3) is 3.38. The van der Waals surface area contributed by atoms with Crippen LogP contribution in [0, 0.1) is 20.8 Å². The molecule has 2 aliphatic heterocycles. The number of rotatable bonds is 4. The van der Waals surface area contributed by atoms with E-state index in [2.05, 4.69) is 4.90 Å². The molecule has 0 spiro atoms. The molecule has 2 aromatic carbocycles. The van der Waals surface area contributed by atoms with E-state index in [1.54, 1.807) is 13.2 Å². The summed E-state index contributed by atoms with van der Waals surface area (Å²) >= 11 is 0. The van der Waals surface area contributed by atoms with Gasteiger partial charge in [-0.2, -0.15) is 0 Å². The number of carbonyl (C=O) groups excluding carboxylic acids is 2. The molecule has 5 heteroatoms. The largest absolute Gasteiger partial charge is 0.495 e. The first kappa shape index (κ1) is 20.2. The number of likely N-dealkylation sites (tertiary alicyclic amines) is 1. The van der Waals surface area contributed by atoms with Crippen molar-refractivity contribution in [1.82, 2.24) is 4.90 Å². The Morgan fingerprint density at radius 2 is 1.57 bits per heavy atom. The van der Waals surface area contributed by atoms with Crippen molar-refractivity contribution >= 4 is 23.1 Å². The van der Waals surface area contributed by atoms with Gasteiger partial charge in [-0.3, -0.25) is 9.59 Å². The van der Waals surface area contributed by atoms with Crippen molar-refractivity contribution in [2.24, 2.45) is 0 Å². The van der Waals surface area contributed by atoms with Crippen LogP contribution in [0.5, 0.6) is 5.75 Å². The van der Waals surface area contributed by atoms with Gasteiger partial charge in [-0.25, -0.2) is 4.90 Å². The fourth-order valence-corrected chi connectivity index (χ4v) is 4.28. The fraction of sp³-hybridized carbons (Fsp3) is 0.360. The molecule has 156 valence electrons. The molecular weight excluding hydrogens is 376 g/mol. The quantitative estimate of drug-likeness (QED) is 0.709. The molecule has 0 bridgehead atoms. The average molecular weight is 405 g/mol. The maximum atomic E-state index is 13.7. The third-order valence-electron chi connectivity index (χ3n) is 6.10. The number of methoxy groups -OCH3 is 1. The number of aryl methyl sites for hydroxylation is 3. The minimum atomic E-state index is -0.285. The summed E-state index contributed by atoms with van der Waals surface area (Å²) in [6, 6.07) is 11.5. The van der Waals surface area contributed by atoms with E-state index < -0.39 is 0 Å². The molecule has 0 atom stereocenters. The van der Waals surface area contributed by atoms with Crippen LogP contribution in [0.25, 0.3) is 5.57 Å². The van der Waals surface area contributed by atoms with Crippen LogP contribution in [0.4, 0.5) is 5.69 Å². The van der Waals surface area contributed by atoms with E-state index in [0.29, 0.717) is 22.7 Å². The Kier molecular flexibility index (Phi) is 5.37. The predicted molar refractivity (Wildman–Crippen MR) is 118 cm³/mol. The number of anilines is 1. The summed E-state index contributed by atoms with van der Waals surface area (Å²) in [5.74, 6) is -0.0339. The van der Waals surface area contributed by atoms with Crippen LogP contribution in [-0.2, 0) is 9.59 Å². The number of nitrogens with zero attached hydrogens (tertiary/aromatic N) is 2. The van der Waals surface area contributed by atoms with E-state index in [1.165, 1.54) is 4.90 Å². The highest BCUT2D eigenvalue weighted by Gasteiger charge is 2.43. The van der Waals surface area contributed by atoms with Crippen LogP contribution in [-0.4, -0.2) is 36.9 Å².